The van der Waals surface area contributed by atoms with Gasteiger partial charge in [0.15, 0.2) is 0 Å². The smallest absolute Gasteiger partial charge is 0.391 e. The van der Waals surface area contributed by atoms with E-state index in [2.05, 4.69) is 4.74 Å². The maximum Gasteiger partial charge on any atom is 0.423 e. The van der Waals surface area contributed by atoms with Gasteiger partial charge in [0, 0.05) is 0 Å². The SMILES string of the molecule is CC(O)COC(C(F)(F)F)C(F)(F)F. The van der Waals surface area contributed by atoms with Crippen LogP contribution in [-0.2, 0) is 4.74 Å². The fourth-order valence-corrected chi connectivity index (χ4v) is 0.610. The average Bonchev–Trinajstić information content (AvgIpc) is 1.78. The summed E-state index contributed by atoms with van der Waals surface area (Å²) in [5.74, 6) is 0. The Morgan fingerprint density at radius 2 is 1.43 bits per heavy atom. The molecule has 8 heteroatoms. The molecule has 0 saturated carbocycles. The van der Waals surface area contributed by atoms with Gasteiger partial charge in [-0.15, -0.1) is 0 Å². The van der Waals surface area contributed by atoms with Crippen LogP contribution in [-0.4, -0.2) is 36.3 Å². The summed E-state index contributed by atoms with van der Waals surface area (Å²) in [5, 5.41) is 8.47. The molecule has 0 aromatic rings. The summed E-state index contributed by atoms with van der Waals surface area (Å²) >= 11 is 0. The maximum atomic E-state index is 11.7. The molecule has 0 saturated heterocycles. The van der Waals surface area contributed by atoms with Crippen molar-refractivity contribution in [2.24, 2.45) is 0 Å². The topological polar surface area (TPSA) is 29.5 Å². The van der Waals surface area contributed by atoms with Gasteiger partial charge in [-0.25, -0.2) is 0 Å². The molecule has 2 nitrogen and oxygen atoms in total. The lowest BCUT2D eigenvalue weighted by Crippen LogP contribution is -2.45. The van der Waals surface area contributed by atoms with Gasteiger partial charge in [0.1, 0.15) is 0 Å². The van der Waals surface area contributed by atoms with Crippen molar-refractivity contribution < 1.29 is 36.2 Å². The summed E-state index contributed by atoms with van der Waals surface area (Å²) in [4.78, 5) is 0. The minimum absolute atomic E-state index is 1.02. The third-order valence-electron chi connectivity index (χ3n) is 1.10. The molecule has 0 aliphatic carbocycles. The van der Waals surface area contributed by atoms with E-state index < -0.39 is 31.2 Å². The minimum Gasteiger partial charge on any atom is -0.391 e. The molecule has 0 fully saturated rings. The lowest BCUT2D eigenvalue weighted by Gasteiger charge is -2.23. The van der Waals surface area contributed by atoms with Crippen LogP contribution in [0.25, 0.3) is 0 Å². The third-order valence-corrected chi connectivity index (χ3v) is 1.10. The van der Waals surface area contributed by atoms with Crippen LogP contribution >= 0.6 is 0 Å². The fraction of sp³-hybridized carbons (Fsp3) is 1.00. The van der Waals surface area contributed by atoms with E-state index in [0.29, 0.717) is 0 Å². The monoisotopic (exact) mass is 226 g/mol. The van der Waals surface area contributed by atoms with Gasteiger partial charge in [-0.2, -0.15) is 26.3 Å². The first-order chi connectivity index (χ1) is 6.05. The van der Waals surface area contributed by atoms with E-state index in [1.807, 2.05) is 0 Å². The van der Waals surface area contributed by atoms with E-state index in [-0.39, 0.29) is 0 Å². The van der Waals surface area contributed by atoms with E-state index in [0.717, 1.165) is 6.92 Å². The highest BCUT2D eigenvalue weighted by atomic mass is 19.4. The first-order valence-corrected chi connectivity index (χ1v) is 3.48. The lowest BCUT2D eigenvalue weighted by molar-refractivity contribution is -0.324. The predicted molar refractivity (Wildman–Crippen MR) is 33.5 cm³/mol. The Morgan fingerprint density at radius 3 is 1.64 bits per heavy atom. The third kappa shape index (κ3) is 4.66. The van der Waals surface area contributed by atoms with Crippen molar-refractivity contribution in [1.82, 2.24) is 0 Å². The molecule has 0 aromatic carbocycles. The second-order valence-electron chi connectivity index (χ2n) is 2.65. The number of ether oxygens (including phenoxy) is 1. The van der Waals surface area contributed by atoms with Crippen LogP contribution in [0.2, 0.25) is 0 Å². The molecule has 0 rings (SSSR count). The average molecular weight is 226 g/mol. The normalized spacial score (nSPS) is 16.1. The van der Waals surface area contributed by atoms with Crippen LogP contribution in [0.3, 0.4) is 0 Å². The summed E-state index contributed by atoms with van der Waals surface area (Å²) < 4.78 is 74.0. The first-order valence-electron chi connectivity index (χ1n) is 3.48. The van der Waals surface area contributed by atoms with Crippen LogP contribution in [0.15, 0.2) is 0 Å². The summed E-state index contributed by atoms with van der Waals surface area (Å²) in [6.07, 6.45) is -16.3. The van der Waals surface area contributed by atoms with E-state index in [1.54, 1.807) is 0 Å². The Kier molecular flexibility index (Phi) is 4.19. The van der Waals surface area contributed by atoms with Gasteiger partial charge in [-0.05, 0) is 6.92 Å². The summed E-state index contributed by atoms with van der Waals surface area (Å²) in [5.41, 5.74) is 0. The largest absolute Gasteiger partial charge is 0.423 e. The number of hydrogen-bond donors (Lipinski definition) is 1. The molecule has 1 atom stereocenters. The van der Waals surface area contributed by atoms with Crippen LogP contribution in [0, 0.1) is 0 Å². The van der Waals surface area contributed by atoms with Crippen molar-refractivity contribution >= 4 is 0 Å². The highest BCUT2D eigenvalue weighted by molar-refractivity contribution is 4.76. The minimum atomic E-state index is -5.52. The molecule has 0 aliphatic heterocycles. The summed E-state index contributed by atoms with van der Waals surface area (Å²) in [7, 11) is 0. The number of hydrogen-bond acceptors (Lipinski definition) is 2. The van der Waals surface area contributed by atoms with Crippen molar-refractivity contribution in [3.8, 4) is 0 Å². The molecule has 86 valence electrons. The molecule has 0 aromatic heterocycles. The van der Waals surface area contributed by atoms with Gasteiger partial charge in [0.2, 0.25) is 6.10 Å². The molecular weight excluding hydrogens is 218 g/mol. The highest BCUT2D eigenvalue weighted by Crippen LogP contribution is 2.35. The van der Waals surface area contributed by atoms with Crippen molar-refractivity contribution in [3.63, 3.8) is 0 Å². The van der Waals surface area contributed by atoms with Gasteiger partial charge >= 0.3 is 12.4 Å². The van der Waals surface area contributed by atoms with Crippen LogP contribution in [0.5, 0.6) is 0 Å². The van der Waals surface area contributed by atoms with E-state index in [9.17, 15) is 26.3 Å². The molecule has 0 aliphatic rings. The van der Waals surface area contributed by atoms with Gasteiger partial charge < -0.3 is 9.84 Å². The number of alkyl halides is 6. The zero-order valence-corrected chi connectivity index (χ0v) is 6.99. The van der Waals surface area contributed by atoms with Crippen LogP contribution in [0.1, 0.15) is 6.92 Å². The molecule has 14 heavy (non-hydrogen) atoms. The quantitative estimate of drug-likeness (QED) is 0.744. The zero-order chi connectivity index (χ0) is 11.6. The molecule has 1 N–H and O–H groups in total. The van der Waals surface area contributed by atoms with Gasteiger partial charge in [0.25, 0.3) is 0 Å². The fourth-order valence-electron chi connectivity index (χ4n) is 0.610. The Labute approximate surface area is 75.5 Å². The molecule has 1 unspecified atom stereocenters. The number of aliphatic hydroxyl groups excluding tert-OH is 1. The zero-order valence-electron chi connectivity index (χ0n) is 6.99. The Hall–Kier alpha value is -0.500. The van der Waals surface area contributed by atoms with Gasteiger partial charge in [-0.3, -0.25) is 0 Å². The predicted octanol–water partition coefficient (Wildman–Crippen LogP) is 1.88. The molecule has 0 amide bonds. The Morgan fingerprint density at radius 1 is 1.07 bits per heavy atom. The van der Waals surface area contributed by atoms with E-state index in [4.69, 9.17) is 5.11 Å². The van der Waals surface area contributed by atoms with Crippen molar-refractivity contribution in [2.75, 3.05) is 6.61 Å². The lowest BCUT2D eigenvalue weighted by atomic mass is 10.3. The second-order valence-corrected chi connectivity index (χ2v) is 2.65. The molecule has 0 heterocycles. The first kappa shape index (κ1) is 13.5. The highest BCUT2D eigenvalue weighted by Gasteiger charge is 2.57. The Balaban J connectivity index is 4.44. The van der Waals surface area contributed by atoms with Gasteiger partial charge in [0.05, 0.1) is 12.7 Å². The summed E-state index contributed by atoms with van der Waals surface area (Å²) in [6, 6.07) is 0. The van der Waals surface area contributed by atoms with E-state index in [1.165, 1.54) is 0 Å². The standard InChI is InChI=1S/C6H8F6O2/c1-3(13)2-14-4(5(7,8)9)6(10,11)12/h3-4,13H,2H2,1H3. The van der Waals surface area contributed by atoms with Crippen LogP contribution < -0.4 is 0 Å². The van der Waals surface area contributed by atoms with E-state index >= 15 is 0 Å². The van der Waals surface area contributed by atoms with Crippen molar-refractivity contribution in [3.05, 3.63) is 0 Å². The van der Waals surface area contributed by atoms with Crippen molar-refractivity contribution in [2.45, 2.75) is 31.5 Å². The molecule has 0 spiro atoms. The molecule has 0 radical (unpaired) electrons. The van der Waals surface area contributed by atoms with Crippen molar-refractivity contribution in [1.29, 1.82) is 0 Å². The number of rotatable bonds is 3. The number of halogens is 6. The molecular formula is C6H8F6O2. The molecule has 0 bridgehead atoms. The Bertz CT molecular complexity index is 158. The van der Waals surface area contributed by atoms with Crippen LogP contribution in [0.4, 0.5) is 26.3 Å². The van der Waals surface area contributed by atoms with Gasteiger partial charge in [-0.1, -0.05) is 0 Å². The maximum absolute atomic E-state index is 11.7. The summed E-state index contributed by atoms with van der Waals surface area (Å²) in [6.45, 7) is -0.00645. The number of aliphatic hydroxyl groups is 1. The second kappa shape index (κ2) is 4.35.